The fourth-order valence-electron chi connectivity index (χ4n) is 4.72. The molecule has 2 heterocycles. The van der Waals surface area contributed by atoms with Crippen LogP contribution in [-0.2, 0) is 23.0 Å². The summed E-state index contributed by atoms with van der Waals surface area (Å²) < 4.78 is 23.9. The smallest absolute Gasteiger partial charge is 0.339 e. The van der Waals surface area contributed by atoms with Crippen LogP contribution in [0.3, 0.4) is 0 Å². The Morgan fingerprint density at radius 3 is 2.49 bits per heavy atom. The Bertz CT molecular complexity index is 1580. The van der Waals surface area contributed by atoms with Crippen LogP contribution in [-0.4, -0.2) is 36.6 Å². The average Bonchev–Trinajstić information content (AvgIpc) is 3.13. The number of nitrogens with zero attached hydrogens (tertiary/aromatic N) is 1. The van der Waals surface area contributed by atoms with Gasteiger partial charge >= 0.3 is 11.6 Å². The van der Waals surface area contributed by atoms with Gasteiger partial charge in [-0.1, -0.05) is 0 Å². The summed E-state index contributed by atoms with van der Waals surface area (Å²) in [4.78, 5) is 37.8. The molecule has 4 aromatic rings. The summed E-state index contributed by atoms with van der Waals surface area (Å²) in [5.41, 5.74) is 4.09. The first-order valence-electron chi connectivity index (χ1n) is 12.2. The number of carbonyl (C=O) groups excluding carboxylic acids is 2. The second-order valence-corrected chi connectivity index (χ2v) is 8.98. The summed E-state index contributed by atoms with van der Waals surface area (Å²) in [6.07, 6.45) is 0.344. The molecular formula is C29H31NO7. The number of fused-ring (bicyclic) bond motifs is 2. The first kappa shape index (κ1) is 26.0. The summed E-state index contributed by atoms with van der Waals surface area (Å²) >= 11 is 0. The lowest BCUT2D eigenvalue weighted by molar-refractivity contribution is -0.143. The number of ether oxygens (including phenoxy) is 3. The van der Waals surface area contributed by atoms with Crippen LogP contribution < -0.4 is 15.1 Å². The number of ketones is 1. The Balaban J connectivity index is 1.61. The SMILES string of the molecule is CCOC(=O)CCc1c(C)c2ccc(OCC(=O)c3c(C)n(C)c4ccc(OC)cc34)c(C)c2oc1=O. The minimum absolute atomic E-state index is 0.104. The zero-order chi connectivity index (χ0) is 26.9. The molecular weight excluding hydrogens is 474 g/mol. The molecule has 2 aromatic carbocycles. The van der Waals surface area contributed by atoms with E-state index in [-0.39, 0.29) is 31.2 Å². The Morgan fingerprint density at radius 2 is 1.78 bits per heavy atom. The predicted molar refractivity (Wildman–Crippen MR) is 141 cm³/mol. The van der Waals surface area contributed by atoms with E-state index in [4.69, 9.17) is 18.6 Å². The van der Waals surface area contributed by atoms with E-state index in [9.17, 15) is 14.4 Å². The van der Waals surface area contributed by atoms with Gasteiger partial charge in [0.25, 0.3) is 0 Å². The maximum atomic E-state index is 13.3. The molecule has 0 aliphatic carbocycles. The molecule has 0 amide bonds. The van der Waals surface area contributed by atoms with Crippen LogP contribution in [0.15, 0.2) is 39.5 Å². The third kappa shape index (κ3) is 4.83. The van der Waals surface area contributed by atoms with Crippen LogP contribution in [0.2, 0.25) is 0 Å². The Kier molecular flexibility index (Phi) is 7.38. The van der Waals surface area contributed by atoms with E-state index in [0.717, 1.165) is 27.5 Å². The lowest BCUT2D eigenvalue weighted by Crippen LogP contribution is -2.15. The number of esters is 1. The van der Waals surface area contributed by atoms with Gasteiger partial charge in [0.1, 0.15) is 17.1 Å². The molecule has 0 saturated heterocycles. The van der Waals surface area contributed by atoms with Crippen LogP contribution in [0.4, 0.5) is 0 Å². The summed E-state index contributed by atoms with van der Waals surface area (Å²) in [6.45, 7) is 7.38. The number of hydrogen-bond acceptors (Lipinski definition) is 7. The van der Waals surface area contributed by atoms with E-state index in [2.05, 4.69) is 0 Å². The summed E-state index contributed by atoms with van der Waals surface area (Å²) in [5, 5.41) is 1.56. The van der Waals surface area contributed by atoms with E-state index >= 15 is 0 Å². The van der Waals surface area contributed by atoms with Crippen molar-refractivity contribution in [2.24, 2.45) is 7.05 Å². The van der Waals surface area contributed by atoms with Crippen molar-refractivity contribution in [3.8, 4) is 11.5 Å². The molecule has 0 radical (unpaired) electrons. The van der Waals surface area contributed by atoms with Gasteiger partial charge in [0.2, 0.25) is 5.78 Å². The van der Waals surface area contributed by atoms with Crippen molar-refractivity contribution in [1.29, 1.82) is 0 Å². The number of Topliss-reactive ketones (excluding diaryl/α,β-unsaturated/α-hetero) is 1. The molecule has 0 aliphatic heterocycles. The summed E-state index contributed by atoms with van der Waals surface area (Å²) in [5.74, 6) is 0.609. The quantitative estimate of drug-likeness (QED) is 0.180. The molecule has 0 bridgehead atoms. The van der Waals surface area contributed by atoms with Gasteiger partial charge < -0.3 is 23.2 Å². The molecule has 0 atom stereocenters. The van der Waals surface area contributed by atoms with Crippen LogP contribution >= 0.6 is 0 Å². The van der Waals surface area contributed by atoms with E-state index in [1.807, 2.05) is 49.7 Å². The fraction of sp³-hybridized carbons (Fsp3) is 0.345. The van der Waals surface area contributed by atoms with Crippen LogP contribution in [0, 0.1) is 20.8 Å². The maximum Gasteiger partial charge on any atom is 0.339 e. The average molecular weight is 506 g/mol. The van der Waals surface area contributed by atoms with Crippen molar-refractivity contribution in [2.75, 3.05) is 20.3 Å². The van der Waals surface area contributed by atoms with Crippen molar-refractivity contribution in [3.05, 3.63) is 68.7 Å². The van der Waals surface area contributed by atoms with E-state index < -0.39 is 5.63 Å². The van der Waals surface area contributed by atoms with Crippen molar-refractivity contribution in [1.82, 2.24) is 4.57 Å². The number of benzene rings is 2. The van der Waals surface area contributed by atoms with Gasteiger partial charge in [-0.3, -0.25) is 9.59 Å². The number of carbonyl (C=O) groups is 2. The van der Waals surface area contributed by atoms with Crippen molar-refractivity contribution in [3.63, 3.8) is 0 Å². The number of rotatable bonds is 9. The van der Waals surface area contributed by atoms with Crippen molar-refractivity contribution < 1.29 is 28.2 Å². The van der Waals surface area contributed by atoms with E-state index in [0.29, 0.717) is 40.4 Å². The Hall–Kier alpha value is -4.07. The Morgan fingerprint density at radius 1 is 1.03 bits per heavy atom. The van der Waals surface area contributed by atoms with Crippen LogP contribution in [0.1, 0.15) is 46.1 Å². The maximum absolute atomic E-state index is 13.3. The largest absolute Gasteiger partial charge is 0.497 e. The topological polar surface area (TPSA) is 97.0 Å². The second-order valence-electron chi connectivity index (χ2n) is 8.98. The minimum atomic E-state index is -0.494. The molecule has 0 aliphatic rings. The zero-order valence-electron chi connectivity index (χ0n) is 22.0. The normalized spacial score (nSPS) is 11.2. The molecule has 0 fully saturated rings. The molecule has 0 saturated carbocycles. The van der Waals surface area contributed by atoms with Gasteiger partial charge in [0.15, 0.2) is 6.61 Å². The molecule has 0 spiro atoms. The standard InChI is InChI=1S/C29H31NO7/c1-7-35-26(32)13-10-21-16(2)20-9-12-25(17(3)28(20)37-29(21)33)36-15-24(31)27-18(4)30(5)23-11-8-19(34-6)14-22(23)27/h8-9,11-12,14H,7,10,13,15H2,1-6H3. The van der Waals surface area contributed by atoms with Gasteiger partial charge in [-0.25, -0.2) is 4.79 Å². The third-order valence-electron chi connectivity index (χ3n) is 6.88. The molecule has 0 unspecified atom stereocenters. The van der Waals surface area contributed by atoms with Crippen LogP contribution in [0.5, 0.6) is 11.5 Å². The summed E-state index contributed by atoms with van der Waals surface area (Å²) in [7, 11) is 3.51. The van der Waals surface area contributed by atoms with Gasteiger partial charge in [-0.15, -0.1) is 0 Å². The first-order chi connectivity index (χ1) is 17.7. The molecule has 0 N–H and O–H groups in total. The van der Waals surface area contributed by atoms with Crippen LogP contribution in [0.25, 0.3) is 21.9 Å². The Labute approximate surface area is 214 Å². The van der Waals surface area contributed by atoms with Gasteiger partial charge in [0.05, 0.1) is 13.7 Å². The molecule has 8 heteroatoms. The number of aromatic nitrogens is 1. The van der Waals surface area contributed by atoms with Crippen molar-refractivity contribution >= 4 is 33.6 Å². The molecule has 37 heavy (non-hydrogen) atoms. The summed E-state index contributed by atoms with van der Waals surface area (Å²) in [6, 6.07) is 9.22. The molecule has 194 valence electrons. The van der Waals surface area contributed by atoms with Gasteiger partial charge in [-0.2, -0.15) is 0 Å². The van der Waals surface area contributed by atoms with Crippen molar-refractivity contribution in [2.45, 2.75) is 40.5 Å². The first-order valence-corrected chi connectivity index (χ1v) is 12.2. The number of methoxy groups -OCH3 is 1. The minimum Gasteiger partial charge on any atom is -0.497 e. The molecule has 8 nitrogen and oxygen atoms in total. The van der Waals surface area contributed by atoms with E-state index in [1.54, 1.807) is 27.0 Å². The highest BCUT2D eigenvalue weighted by atomic mass is 16.5. The van der Waals surface area contributed by atoms with Gasteiger partial charge in [-0.05, 0) is 70.0 Å². The highest BCUT2D eigenvalue weighted by molar-refractivity contribution is 6.10. The molecule has 4 rings (SSSR count). The third-order valence-corrected chi connectivity index (χ3v) is 6.88. The lowest BCUT2D eigenvalue weighted by Gasteiger charge is -2.13. The monoisotopic (exact) mass is 505 g/mol. The number of aryl methyl sites for hydroxylation is 3. The highest BCUT2D eigenvalue weighted by Crippen LogP contribution is 2.31. The zero-order valence-corrected chi connectivity index (χ0v) is 22.0. The lowest BCUT2D eigenvalue weighted by atomic mass is 10.0. The highest BCUT2D eigenvalue weighted by Gasteiger charge is 2.21. The number of hydrogen-bond donors (Lipinski definition) is 0. The predicted octanol–water partition coefficient (Wildman–Crippen LogP) is 4.98. The van der Waals surface area contributed by atoms with E-state index in [1.165, 1.54) is 0 Å². The van der Waals surface area contributed by atoms with Gasteiger partial charge in [0, 0.05) is 52.1 Å². The fourth-order valence-corrected chi connectivity index (χ4v) is 4.72. The second kappa shape index (κ2) is 10.5. The molecule has 2 aromatic heterocycles.